The van der Waals surface area contributed by atoms with Crippen LogP contribution in [0.3, 0.4) is 0 Å². The summed E-state index contributed by atoms with van der Waals surface area (Å²) < 4.78 is 6.04. The Morgan fingerprint density at radius 3 is 1.93 bits per heavy atom. The Morgan fingerprint density at radius 2 is 1.38 bits per heavy atom. The highest BCUT2D eigenvalue weighted by Gasteiger charge is 2.20. The fourth-order valence-corrected chi connectivity index (χ4v) is 3.20. The molecule has 6 heteroatoms. The number of amides is 1. The quantitative estimate of drug-likeness (QED) is 0.552. The molecule has 1 aromatic heterocycles. The van der Waals surface area contributed by atoms with Crippen LogP contribution in [0.1, 0.15) is 17.2 Å². The summed E-state index contributed by atoms with van der Waals surface area (Å²) >= 11 is 0. The van der Waals surface area contributed by atoms with E-state index in [2.05, 4.69) is 10.5 Å². The second-order valence-electron chi connectivity index (χ2n) is 6.55. The Labute approximate surface area is 167 Å². The zero-order valence-corrected chi connectivity index (χ0v) is 15.6. The molecule has 29 heavy (non-hydrogen) atoms. The van der Waals surface area contributed by atoms with Gasteiger partial charge in [0.15, 0.2) is 5.82 Å². The zero-order valence-electron chi connectivity index (χ0n) is 15.6. The van der Waals surface area contributed by atoms with Gasteiger partial charge in [0.2, 0.25) is 5.91 Å². The molecule has 1 N–H and O–H groups in total. The van der Waals surface area contributed by atoms with E-state index in [9.17, 15) is 9.59 Å². The Bertz CT molecular complexity index is 1100. The summed E-state index contributed by atoms with van der Waals surface area (Å²) in [6, 6.07) is 28.2. The minimum absolute atomic E-state index is 0.192. The SMILES string of the molecule is O=C(Cn1c(-c2ccccc2)noc1=O)NC(c1ccccc1)c1ccccc1. The Hall–Kier alpha value is -3.93. The molecule has 0 radical (unpaired) electrons. The average molecular weight is 385 g/mol. The van der Waals surface area contributed by atoms with E-state index in [1.165, 1.54) is 4.57 Å². The van der Waals surface area contributed by atoms with E-state index < -0.39 is 5.76 Å². The lowest BCUT2D eigenvalue weighted by molar-refractivity contribution is -0.122. The van der Waals surface area contributed by atoms with Gasteiger partial charge in [0.05, 0.1) is 6.04 Å². The predicted molar refractivity (Wildman–Crippen MR) is 109 cm³/mol. The van der Waals surface area contributed by atoms with Gasteiger partial charge in [-0.25, -0.2) is 9.36 Å². The van der Waals surface area contributed by atoms with E-state index in [1.54, 1.807) is 0 Å². The number of nitrogens with one attached hydrogen (secondary N) is 1. The normalized spacial score (nSPS) is 10.8. The van der Waals surface area contributed by atoms with Gasteiger partial charge in [-0.15, -0.1) is 0 Å². The summed E-state index contributed by atoms with van der Waals surface area (Å²) in [5.41, 5.74) is 2.61. The van der Waals surface area contributed by atoms with Crippen molar-refractivity contribution in [2.75, 3.05) is 0 Å². The van der Waals surface area contributed by atoms with Crippen molar-refractivity contribution >= 4 is 5.91 Å². The van der Waals surface area contributed by atoms with Crippen LogP contribution in [0.15, 0.2) is 100 Å². The predicted octanol–water partition coefficient (Wildman–Crippen LogP) is 3.41. The molecule has 3 aromatic carbocycles. The van der Waals surface area contributed by atoms with Crippen molar-refractivity contribution in [3.05, 3.63) is 113 Å². The van der Waals surface area contributed by atoms with Gasteiger partial charge in [-0.2, -0.15) is 0 Å². The molecule has 0 unspecified atom stereocenters. The second kappa shape index (κ2) is 8.39. The van der Waals surface area contributed by atoms with Crippen molar-refractivity contribution in [1.82, 2.24) is 15.0 Å². The Morgan fingerprint density at radius 1 is 0.862 bits per heavy atom. The van der Waals surface area contributed by atoms with Crippen molar-refractivity contribution in [2.24, 2.45) is 0 Å². The first kappa shape index (κ1) is 18.4. The molecule has 4 rings (SSSR count). The summed E-state index contributed by atoms with van der Waals surface area (Å²) in [4.78, 5) is 25.0. The monoisotopic (exact) mass is 385 g/mol. The maximum Gasteiger partial charge on any atom is 0.442 e. The first-order chi connectivity index (χ1) is 14.2. The number of hydrogen-bond acceptors (Lipinski definition) is 4. The first-order valence-electron chi connectivity index (χ1n) is 9.23. The van der Waals surface area contributed by atoms with Crippen LogP contribution in [-0.4, -0.2) is 15.6 Å². The number of carbonyl (C=O) groups is 1. The topological polar surface area (TPSA) is 77.1 Å². The molecular weight excluding hydrogens is 366 g/mol. The lowest BCUT2D eigenvalue weighted by Gasteiger charge is -2.20. The van der Waals surface area contributed by atoms with Gasteiger partial charge in [0.25, 0.3) is 0 Å². The van der Waals surface area contributed by atoms with E-state index in [4.69, 9.17) is 4.52 Å². The lowest BCUT2D eigenvalue weighted by atomic mass is 9.99. The third-order valence-electron chi connectivity index (χ3n) is 4.59. The maximum absolute atomic E-state index is 12.9. The van der Waals surface area contributed by atoms with Crippen LogP contribution in [0.5, 0.6) is 0 Å². The molecule has 0 saturated carbocycles. The van der Waals surface area contributed by atoms with Crippen LogP contribution in [0, 0.1) is 0 Å². The van der Waals surface area contributed by atoms with Gasteiger partial charge >= 0.3 is 5.76 Å². The van der Waals surface area contributed by atoms with Crippen molar-refractivity contribution in [1.29, 1.82) is 0 Å². The van der Waals surface area contributed by atoms with Gasteiger partial charge in [-0.1, -0.05) is 96.2 Å². The summed E-state index contributed by atoms with van der Waals surface area (Å²) in [6.45, 7) is -0.192. The molecule has 6 nitrogen and oxygen atoms in total. The summed E-state index contributed by atoms with van der Waals surface area (Å²) in [7, 11) is 0. The molecule has 0 bridgehead atoms. The molecule has 0 aliphatic heterocycles. The van der Waals surface area contributed by atoms with Crippen LogP contribution in [0.4, 0.5) is 0 Å². The smallest absolute Gasteiger partial charge is 0.344 e. The van der Waals surface area contributed by atoms with Crippen LogP contribution in [0.2, 0.25) is 0 Å². The minimum Gasteiger partial charge on any atom is -0.344 e. The number of nitrogens with zero attached hydrogens (tertiary/aromatic N) is 2. The van der Waals surface area contributed by atoms with Crippen LogP contribution >= 0.6 is 0 Å². The average Bonchev–Trinajstić information content (AvgIpc) is 3.14. The largest absolute Gasteiger partial charge is 0.442 e. The second-order valence-corrected chi connectivity index (χ2v) is 6.55. The number of carbonyl (C=O) groups excluding carboxylic acids is 1. The standard InChI is InChI=1S/C23H19N3O3/c27-20(16-26-22(25-29-23(26)28)19-14-8-3-9-15-19)24-21(17-10-4-1-5-11-17)18-12-6-2-7-13-18/h1-15,21H,16H2,(H,24,27). The maximum atomic E-state index is 12.9. The van der Waals surface area contributed by atoms with E-state index >= 15 is 0 Å². The van der Waals surface area contributed by atoms with Crippen molar-refractivity contribution in [2.45, 2.75) is 12.6 Å². The third-order valence-corrected chi connectivity index (χ3v) is 4.59. The van der Waals surface area contributed by atoms with Gasteiger partial charge in [-0.3, -0.25) is 9.32 Å². The molecule has 4 aromatic rings. The van der Waals surface area contributed by atoms with E-state index in [0.717, 1.165) is 11.1 Å². The molecule has 0 aliphatic rings. The van der Waals surface area contributed by atoms with E-state index in [1.807, 2.05) is 91.0 Å². The van der Waals surface area contributed by atoms with Crippen molar-refractivity contribution in [3.8, 4) is 11.4 Å². The van der Waals surface area contributed by atoms with E-state index in [0.29, 0.717) is 11.4 Å². The van der Waals surface area contributed by atoms with Gasteiger partial charge in [0, 0.05) is 5.56 Å². The van der Waals surface area contributed by atoms with Crippen LogP contribution < -0.4 is 11.1 Å². The third kappa shape index (κ3) is 4.16. The highest BCUT2D eigenvalue weighted by molar-refractivity contribution is 5.77. The van der Waals surface area contributed by atoms with Gasteiger partial charge in [0.1, 0.15) is 6.54 Å². The number of hydrogen-bond donors (Lipinski definition) is 1. The van der Waals surface area contributed by atoms with Crippen molar-refractivity contribution in [3.63, 3.8) is 0 Å². The Kier molecular flexibility index (Phi) is 5.33. The number of aromatic nitrogens is 2. The minimum atomic E-state index is -0.671. The molecule has 1 amide bonds. The summed E-state index contributed by atoms with van der Waals surface area (Å²) in [5, 5.41) is 6.86. The lowest BCUT2D eigenvalue weighted by Crippen LogP contribution is -2.34. The van der Waals surface area contributed by atoms with Gasteiger partial charge in [-0.05, 0) is 11.1 Å². The van der Waals surface area contributed by atoms with Gasteiger partial charge < -0.3 is 5.32 Å². The molecule has 0 saturated heterocycles. The fourth-order valence-electron chi connectivity index (χ4n) is 3.20. The number of benzene rings is 3. The molecule has 0 aliphatic carbocycles. The molecule has 0 atom stereocenters. The summed E-state index contributed by atoms with van der Waals surface area (Å²) in [6.07, 6.45) is 0. The highest BCUT2D eigenvalue weighted by atomic mass is 16.5. The van der Waals surface area contributed by atoms with Crippen LogP contribution in [-0.2, 0) is 11.3 Å². The zero-order chi connectivity index (χ0) is 20.1. The van der Waals surface area contributed by atoms with E-state index in [-0.39, 0.29) is 18.5 Å². The highest BCUT2D eigenvalue weighted by Crippen LogP contribution is 2.22. The summed E-state index contributed by atoms with van der Waals surface area (Å²) in [5.74, 6) is -0.665. The molecule has 0 spiro atoms. The Balaban J connectivity index is 1.60. The first-order valence-corrected chi connectivity index (χ1v) is 9.23. The molecule has 144 valence electrons. The number of rotatable bonds is 6. The van der Waals surface area contributed by atoms with Crippen molar-refractivity contribution < 1.29 is 9.32 Å². The molecule has 0 fully saturated rings. The fraction of sp³-hybridized carbons (Fsp3) is 0.0870. The molecule has 1 heterocycles. The molecular formula is C23H19N3O3. The van der Waals surface area contributed by atoms with Crippen LogP contribution in [0.25, 0.3) is 11.4 Å².